The fourth-order valence-electron chi connectivity index (χ4n) is 1.98. The van der Waals surface area contributed by atoms with Crippen LogP contribution >= 0.6 is 11.6 Å². The number of hydrogen-bond acceptors (Lipinski definition) is 1. The lowest BCUT2D eigenvalue weighted by atomic mass is 10.1. The van der Waals surface area contributed by atoms with Gasteiger partial charge in [-0.05, 0) is 12.3 Å². The Morgan fingerprint density at radius 1 is 0.778 bits per heavy atom. The summed E-state index contributed by atoms with van der Waals surface area (Å²) in [5, 5.41) is 0. The number of unbranched alkanes of at least 4 members (excludes halogenated alkanes) is 9. The molecule has 1 nitrogen and oxygen atoms in total. The smallest absolute Gasteiger partial charge is 0.133 e. The normalized spacial score (nSPS) is 13.2. The van der Waals surface area contributed by atoms with Gasteiger partial charge in [-0.2, -0.15) is 0 Å². The van der Waals surface area contributed by atoms with Crippen molar-refractivity contribution in [2.24, 2.45) is 5.92 Å². The second kappa shape index (κ2) is 13.7. The van der Waals surface area contributed by atoms with E-state index in [1.165, 1.54) is 57.8 Å². The first-order valence-electron chi connectivity index (χ1n) is 7.94. The summed E-state index contributed by atoms with van der Waals surface area (Å²) in [7, 11) is 0. The largest absolute Gasteiger partial charge is 0.362 e. The molecule has 0 spiro atoms. The van der Waals surface area contributed by atoms with Crippen molar-refractivity contribution in [2.45, 2.75) is 90.5 Å². The Kier molecular flexibility index (Phi) is 13.9. The molecule has 1 unspecified atom stereocenters. The molecule has 0 saturated carbocycles. The van der Waals surface area contributed by atoms with Gasteiger partial charge in [0.05, 0.1) is 0 Å². The van der Waals surface area contributed by atoms with Gasteiger partial charge < -0.3 is 4.74 Å². The lowest BCUT2D eigenvalue weighted by molar-refractivity contribution is 0.0754. The highest BCUT2D eigenvalue weighted by molar-refractivity contribution is 6.19. The fraction of sp³-hybridized carbons (Fsp3) is 1.00. The maximum atomic E-state index is 6.02. The average Bonchev–Trinajstić information content (AvgIpc) is 2.35. The average molecular weight is 277 g/mol. The van der Waals surface area contributed by atoms with E-state index in [0.29, 0.717) is 5.92 Å². The third kappa shape index (κ3) is 12.7. The predicted octanol–water partition coefficient (Wildman–Crippen LogP) is 6.14. The summed E-state index contributed by atoms with van der Waals surface area (Å²) in [6, 6.07) is 0. The summed E-state index contributed by atoms with van der Waals surface area (Å²) in [5.41, 5.74) is -0.108. The van der Waals surface area contributed by atoms with Gasteiger partial charge in [0.25, 0.3) is 0 Å². The predicted molar refractivity (Wildman–Crippen MR) is 82.3 cm³/mol. The summed E-state index contributed by atoms with van der Waals surface area (Å²) in [6.45, 7) is 7.28. The molecule has 0 fully saturated rings. The van der Waals surface area contributed by atoms with Gasteiger partial charge in [0.15, 0.2) is 0 Å². The third-order valence-corrected chi connectivity index (χ3v) is 3.93. The Hall–Kier alpha value is 0.250. The SMILES string of the molecule is CCCCCCCCCCCCOC(Cl)C(C)C. The van der Waals surface area contributed by atoms with E-state index >= 15 is 0 Å². The summed E-state index contributed by atoms with van der Waals surface area (Å²) < 4.78 is 5.54. The molecular weight excluding hydrogens is 244 g/mol. The van der Waals surface area contributed by atoms with E-state index in [0.717, 1.165) is 13.0 Å². The van der Waals surface area contributed by atoms with Crippen molar-refractivity contribution in [1.29, 1.82) is 0 Å². The standard InChI is InChI=1S/C16H33ClO/c1-4-5-6-7-8-9-10-11-12-13-14-18-16(17)15(2)3/h15-16H,4-14H2,1-3H3. The van der Waals surface area contributed by atoms with Gasteiger partial charge in [-0.3, -0.25) is 0 Å². The molecule has 0 aromatic carbocycles. The molecule has 0 aliphatic rings. The minimum Gasteiger partial charge on any atom is -0.362 e. The monoisotopic (exact) mass is 276 g/mol. The molecule has 0 bridgehead atoms. The molecular formula is C16H33ClO. The molecule has 0 radical (unpaired) electrons. The van der Waals surface area contributed by atoms with Gasteiger partial charge in [0.2, 0.25) is 0 Å². The molecule has 0 rings (SSSR count). The fourth-order valence-corrected chi connectivity index (χ4v) is 2.07. The first-order valence-corrected chi connectivity index (χ1v) is 8.37. The lowest BCUT2D eigenvalue weighted by Crippen LogP contribution is -2.13. The highest BCUT2D eigenvalue weighted by Crippen LogP contribution is 2.13. The van der Waals surface area contributed by atoms with E-state index in [9.17, 15) is 0 Å². The van der Waals surface area contributed by atoms with Crippen LogP contribution in [0.5, 0.6) is 0 Å². The maximum Gasteiger partial charge on any atom is 0.133 e. The maximum absolute atomic E-state index is 6.02. The summed E-state index contributed by atoms with van der Waals surface area (Å²) in [4.78, 5) is 0. The van der Waals surface area contributed by atoms with Crippen LogP contribution in [-0.2, 0) is 4.74 Å². The van der Waals surface area contributed by atoms with Crippen LogP contribution in [0.2, 0.25) is 0 Å². The van der Waals surface area contributed by atoms with Crippen LogP contribution in [0.15, 0.2) is 0 Å². The number of alkyl halides is 1. The van der Waals surface area contributed by atoms with Crippen LogP contribution in [0.25, 0.3) is 0 Å². The first kappa shape index (κ1) is 18.2. The molecule has 2 heteroatoms. The van der Waals surface area contributed by atoms with Crippen LogP contribution in [0.4, 0.5) is 0 Å². The van der Waals surface area contributed by atoms with Gasteiger partial charge in [-0.15, -0.1) is 0 Å². The van der Waals surface area contributed by atoms with E-state index in [4.69, 9.17) is 16.3 Å². The molecule has 0 N–H and O–H groups in total. The van der Waals surface area contributed by atoms with Crippen LogP contribution in [-0.4, -0.2) is 12.2 Å². The van der Waals surface area contributed by atoms with Crippen molar-refractivity contribution in [1.82, 2.24) is 0 Å². The van der Waals surface area contributed by atoms with E-state index in [1.54, 1.807) is 0 Å². The number of rotatable bonds is 13. The Bertz CT molecular complexity index is 159. The highest BCUT2D eigenvalue weighted by atomic mass is 35.5. The molecule has 0 aromatic rings. The van der Waals surface area contributed by atoms with Crippen LogP contribution in [0.3, 0.4) is 0 Å². The molecule has 110 valence electrons. The zero-order chi connectivity index (χ0) is 13.6. The molecule has 0 aliphatic heterocycles. The van der Waals surface area contributed by atoms with Crippen molar-refractivity contribution in [3.05, 3.63) is 0 Å². The lowest BCUT2D eigenvalue weighted by Gasteiger charge is -2.14. The van der Waals surface area contributed by atoms with Crippen LogP contribution in [0, 0.1) is 5.92 Å². The summed E-state index contributed by atoms with van der Waals surface area (Å²) in [5.74, 6) is 0.412. The quantitative estimate of drug-likeness (QED) is 0.290. The van der Waals surface area contributed by atoms with Gasteiger partial charge in [0.1, 0.15) is 5.56 Å². The third-order valence-electron chi connectivity index (χ3n) is 3.30. The second-order valence-corrected chi connectivity index (χ2v) is 6.08. The summed E-state index contributed by atoms with van der Waals surface area (Å²) >= 11 is 6.02. The van der Waals surface area contributed by atoms with E-state index in [2.05, 4.69) is 20.8 Å². The Labute approximate surface area is 120 Å². The van der Waals surface area contributed by atoms with Crippen molar-refractivity contribution in [3.63, 3.8) is 0 Å². The van der Waals surface area contributed by atoms with Crippen molar-refractivity contribution < 1.29 is 4.74 Å². The van der Waals surface area contributed by atoms with Gasteiger partial charge in [-0.1, -0.05) is 90.2 Å². The zero-order valence-electron chi connectivity index (χ0n) is 12.7. The minimum atomic E-state index is -0.108. The van der Waals surface area contributed by atoms with E-state index in [-0.39, 0.29) is 5.56 Å². The molecule has 0 amide bonds. The van der Waals surface area contributed by atoms with Crippen LogP contribution < -0.4 is 0 Å². The molecule has 18 heavy (non-hydrogen) atoms. The molecule has 1 atom stereocenters. The Morgan fingerprint density at radius 2 is 1.22 bits per heavy atom. The Morgan fingerprint density at radius 3 is 1.67 bits per heavy atom. The van der Waals surface area contributed by atoms with Crippen molar-refractivity contribution >= 4 is 11.6 Å². The van der Waals surface area contributed by atoms with E-state index < -0.39 is 0 Å². The van der Waals surface area contributed by atoms with E-state index in [1.807, 2.05) is 0 Å². The molecule has 0 heterocycles. The molecule has 0 saturated heterocycles. The van der Waals surface area contributed by atoms with Gasteiger partial charge in [-0.25, -0.2) is 0 Å². The van der Waals surface area contributed by atoms with Gasteiger partial charge in [0, 0.05) is 6.61 Å². The van der Waals surface area contributed by atoms with Gasteiger partial charge >= 0.3 is 0 Å². The minimum absolute atomic E-state index is 0.108. The number of ether oxygens (including phenoxy) is 1. The Balaban J connectivity index is 3.03. The number of hydrogen-bond donors (Lipinski definition) is 0. The summed E-state index contributed by atoms with van der Waals surface area (Å²) in [6.07, 6.45) is 13.6. The van der Waals surface area contributed by atoms with Crippen molar-refractivity contribution in [3.8, 4) is 0 Å². The molecule has 0 aromatic heterocycles. The first-order chi connectivity index (χ1) is 8.68. The second-order valence-electron chi connectivity index (χ2n) is 5.65. The number of halogens is 1. The highest BCUT2D eigenvalue weighted by Gasteiger charge is 2.08. The molecule has 0 aliphatic carbocycles. The topological polar surface area (TPSA) is 9.23 Å². The van der Waals surface area contributed by atoms with Crippen molar-refractivity contribution in [2.75, 3.05) is 6.61 Å². The zero-order valence-corrected chi connectivity index (χ0v) is 13.5. The van der Waals surface area contributed by atoms with Crippen LogP contribution in [0.1, 0.15) is 85.0 Å².